The van der Waals surface area contributed by atoms with Crippen LogP contribution < -0.4 is 5.73 Å². The predicted molar refractivity (Wildman–Crippen MR) is 51.8 cm³/mol. The topological polar surface area (TPSA) is 83.6 Å². The average Bonchev–Trinajstić information content (AvgIpc) is 2.18. The molecular weight excluding hydrogens is 182 g/mol. The molecule has 4 nitrogen and oxygen atoms in total. The fourth-order valence-corrected chi connectivity index (χ4v) is 1.26. The Labute approximate surface area is 82.0 Å². The lowest BCUT2D eigenvalue weighted by Crippen LogP contribution is -2.19. The summed E-state index contributed by atoms with van der Waals surface area (Å²) in [6.07, 6.45) is -0.620. The van der Waals surface area contributed by atoms with Gasteiger partial charge in [-0.15, -0.1) is 0 Å². The van der Waals surface area contributed by atoms with E-state index >= 15 is 0 Å². The Morgan fingerprint density at radius 1 is 1.43 bits per heavy atom. The second-order valence-corrected chi connectivity index (χ2v) is 3.06. The number of aliphatic hydroxyl groups is 2. The Balaban J connectivity index is 2.90. The summed E-state index contributed by atoms with van der Waals surface area (Å²) in [6.45, 7) is -0.326. The number of carbonyl (C=O) groups is 1. The molecule has 14 heavy (non-hydrogen) atoms. The summed E-state index contributed by atoms with van der Waals surface area (Å²) in [5, 5.41) is 17.9. The zero-order valence-electron chi connectivity index (χ0n) is 7.68. The highest BCUT2D eigenvalue weighted by atomic mass is 16.3. The first-order valence-corrected chi connectivity index (χ1v) is 4.31. The van der Waals surface area contributed by atoms with Crippen LogP contribution in [0.1, 0.15) is 15.9 Å². The molecule has 76 valence electrons. The van der Waals surface area contributed by atoms with Gasteiger partial charge in [-0.1, -0.05) is 18.2 Å². The number of benzene rings is 1. The maximum absolute atomic E-state index is 11.0. The van der Waals surface area contributed by atoms with Gasteiger partial charge in [-0.3, -0.25) is 4.79 Å². The van der Waals surface area contributed by atoms with E-state index in [1.165, 1.54) is 0 Å². The van der Waals surface area contributed by atoms with E-state index in [4.69, 9.17) is 10.8 Å². The highest BCUT2D eigenvalue weighted by Gasteiger charge is 2.10. The smallest absolute Gasteiger partial charge is 0.248 e. The van der Waals surface area contributed by atoms with Gasteiger partial charge in [0.1, 0.15) is 0 Å². The van der Waals surface area contributed by atoms with Crippen LogP contribution in [-0.4, -0.2) is 28.8 Å². The van der Waals surface area contributed by atoms with E-state index in [0.29, 0.717) is 11.1 Å². The van der Waals surface area contributed by atoms with Gasteiger partial charge in [-0.05, 0) is 11.6 Å². The van der Waals surface area contributed by atoms with Crippen LogP contribution in [0.15, 0.2) is 24.3 Å². The maximum atomic E-state index is 11.0. The molecule has 0 spiro atoms. The molecule has 0 saturated heterocycles. The highest BCUT2D eigenvalue weighted by Crippen LogP contribution is 2.10. The molecular formula is C10H13NO3. The molecule has 4 heteroatoms. The number of hydrogen-bond donors (Lipinski definition) is 3. The number of hydrogen-bond acceptors (Lipinski definition) is 3. The number of rotatable bonds is 4. The quantitative estimate of drug-likeness (QED) is 0.615. The lowest BCUT2D eigenvalue weighted by Gasteiger charge is -2.09. The summed E-state index contributed by atoms with van der Waals surface area (Å²) in [4.78, 5) is 11.0. The summed E-state index contributed by atoms with van der Waals surface area (Å²) < 4.78 is 0. The van der Waals surface area contributed by atoms with Crippen LogP contribution in [-0.2, 0) is 6.42 Å². The van der Waals surface area contributed by atoms with Crippen LogP contribution in [0.5, 0.6) is 0 Å². The van der Waals surface area contributed by atoms with Crippen molar-refractivity contribution in [3.05, 3.63) is 35.4 Å². The van der Waals surface area contributed by atoms with Gasteiger partial charge in [-0.2, -0.15) is 0 Å². The third kappa shape index (κ3) is 2.55. The molecule has 0 unspecified atom stereocenters. The molecule has 1 atom stereocenters. The van der Waals surface area contributed by atoms with Crippen LogP contribution in [0.3, 0.4) is 0 Å². The van der Waals surface area contributed by atoms with Crippen LogP contribution in [0.4, 0.5) is 0 Å². The first kappa shape index (κ1) is 10.7. The molecule has 0 bridgehead atoms. The molecule has 0 heterocycles. The van der Waals surface area contributed by atoms with Gasteiger partial charge in [-0.25, -0.2) is 0 Å². The van der Waals surface area contributed by atoms with Crippen molar-refractivity contribution in [3.63, 3.8) is 0 Å². The van der Waals surface area contributed by atoms with Gasteiger partial charge >= 0.3 is 0 Å². The van der Waals surface area contributed by atoms with Gasteiger partial charge < -0.3 is 15.9 Å². The summed E-state index contributed by atoms with van der Waals surface area (Å²) >= 11 is 0. The van der Waals surface area contributed by atoms with Crippen LogP contribution >= 0.6 is 0 Å². The lowest BCUT2D eigenvalue weighted by molar-refractivity contribution is 0.0940. The van der Waals surface area contributed by atoms with E-state index < -0.39 is 12.0 Å². The summed E-state index contributed by atoms with van der Waals surface area (Å²) in [7, 11) is 0. The summed E-state index contributed by atoms with van der Waals surface area (Å²) in [6, 6.07) is 6.77. The number of primary amides is 1. The fraction of sp³-hybridized carbons (Fsp3) is 0.300. The molecule has 1 aromatic carbocycles. The standard InChI is InChI=1S/C10H13NO3/c11-10(14)9-4-2-1-3-7(9)5-8(13)6-12/h1-4,8,12-13H,5-6H2,(H2,11,14)/t8-/m1/s1. The fourth-order valence-electron chi connectivity index (χ4n) is 1.26. The highest BCUT2D eigenvalue weighted by molar-refractivity contribution is 5.94. The zero-order chi connectivity index (χ0) is 10.6. The Bertz CT molecular complexity index is 325. The normalized spacial score (nSPS) is 12.4. The van der Waals surface area contributed by atoms with E-state index in [1.807, 2.05) is 0 Å². The molecule has 0 aliphatic heterocycles. The minimum Gasteiger partial charge on any atom is -0.394 e. The molecule has 1 rings (SSSR count). The first-order chi connectivity index (χ1) is 6.65. The zero-order valence-corrected chi connectivity index (χ0v) is 7.68. The lowest BCUT2D eigenvalue weighted by atomic mass is 10.0. The number of aliphatic hydroxyl groups excluding tert-OH is 2. The third-order valence-electron chi connectivity index (χ3n) is 1.95. The van der Waals surface area contributed by atoms with Crippen molar-refractivity contribution in [2.24, 2.45) is 5.73 Å². The van der Waals surface area contributed by atoms with Crippen molar-refractivity contribution in [2.45, 2.75) is 12.5 Å². The minimum absolute atomic E-state index is 0.232. The minimum atomic E-state index is -0.851. The molecule has 0 fully saturated rings. The molecule has 4 N–H and O–H groups in total. The van der Waals surface area contributed by atoms with Crippen LogP contribution in [0.2, 0.25) is 0 Å². The largest absolute Gasteiger partial charge is 0.394 e. The second-order valence-electron chi connectivity index (χ2n) is 3.06. The molecule has 1 amide bonds. The van der Waals surface area contributed by atoms with E-state index in [0.717, 1.165) is 0 Å². The summed E-state index contributed by atoms with van der Waals surface area (Å²) in [5.41, 5.74) is 6.19. The number of amides is 1. The Morgan fingerprint density at radius 3 is 2.64 bits per heavy atom. The number of nitrogens with two attached hydrogens (primary N) is 1. The van der Waals surface area contributed by atoms with E-state index in [9.17, 15) is 9.90 Å². The van der Waals surface area contributed by atoms with Gasteiger partial charge in [0.25, 0.3) is 0 Å². The van der Waals surface area contributed by atoms with Gasteiger partial charge in [0.05, 0.1) is 12.7 Å². The SMILES string of the molecule is NC(=O)c1ccccc1C[C@@H](O)CO. The molecule has 0 aliphatic rings. The van der Waals surface area contributed by atoms with Crippen molar-refractivity contribution in [3.8, 4) is 0 Å². The molecule has 0 saturated carbocycles. The summed E-state index contributed by atoms with van der Waals surface area (Å²) in [5.74, 6) is -0.522. The molecule has 1 aromatic rings. The van der Waals surface area contributed by atoms with Gasteiger partial charge in [0, 0.05) is 12.0 Å². The van der Waals surface area contributed by atoms with E-state index in [1.54, 1.807) is 24.3 Å². The number of carbonyl (C=O) groups excluding carboxylic acids is 1. The molecule has 0 radical (unpaired) electrons. The van der Waals surface area contributed by atoms with Crippen molar-refractivity contribution >= 4 is 5.91 Å². The van der Waals surface area contributed by atoms with E-state index in [-0.39, 0.29) is 13.0 Å². The molecule has 0 aromatic heterocycles. The van der Waals surface area contributed by atoms with E-state index in [2.05, 4.69) is 0 Å². The monoisotopic (exact) mass is 195 g/mol. The second kappa shape index (κ2) is 4.74. The van der Waals surface area contributed by atoms with Crippen molar-refractivity contribution in [2.75, 3.05) is 6.61 Å². The maximum Gasteiger partial charge on any atom is 0.248 e. The van der Waals surface area contributed by atoms with Crippen molar-refractivity contribution < 1.29 is 15.0 Å². The Morgan fingerprint density at radius 2 is 2.07 bits per heavy atom. The third-order valence-corrected chi connectivity index (χ3v) is 1.95. The van der Waals surface area contributed by atoms with Crippen LogP contribution in [0, 0.1) is 0 Å². The van der Waals surface area contributed by atoms with Crippen molar-refractivity contribution in [1.82, 2.24) is 0 Å². The van der Waals surface area contributed by atoms with Gasteiger partial charge in [0.2, 0.25) is 5.91 Å². The van der Waals surface area contributed by atoms with Crippen LogP contribution in [0.25, 0.3) is 0 Å². The Kier molecular flexibility index (Phi) is 3.62. The Hall–Kier alpha value is -1.39. The molecule has 0 aliphatic carbocycles. The average molecular weight is 195 g/mol. The first-order valence-electron chi connectivity index (χ1n) is 4.31. The predicted octanol–water partition coefficient (Wildman–Crippen LogP) is -0.319. The van der Waals surface area contributed by atoms with Gasteiger partial charge in [0.15, 0.2) is 0 Å². The van der Waals surface area contributed by atoms with Crippen molar-refractivity contribution in [1.29, 1.82) is 0 Å².